The van der Waals surface area contributed by atoms with Crippen molar-refractivity contribution in [3.63, 3.8) is 0 Å². The number of carbonyl (C=O) groups excluding carboxylic acids is 1. The Balaban J connectivity index is 1.89. The molecule has 88 valence electrons. The van der Waals surface area contributed by atoms with Crippen molar-refractivity contribution in [2.75, 3.05) is 11.9 Å². The van der Waals surface area contributed by atoms with Crippen molar-refractivity contribution >= 4 is 11.7 Å². The van der Waals surface area contributed by atoms with Crippen LogP contribution in [-0.2, 0) is 4.79 Å². The average Bonchev–Trinajstić information content (AvgIpc) is 2.83. The van der Waals surface area contributed by atoms with E-state index in [1.165, 1.54) is 6.42 Å². The van der Waals surface area contributed by atoms with Crippen LogP contribution < -0.4 is 10.6 Å². The maximum atomic E-state index is 11.7. The number of hydrogen-bond donors (Lipinski definition) is 3. The minimum Gasteiger partial charge on any atom is -0.313 e. The second-order valence-electron chi connectivity index (χ2n) is 4.37. The van der Waals surface area contributed by atoms with E-state index in [0.717, 1.165) is 24.2 Å². The van der Waals surface area contributed by atoms with Gasteiger partial charge in [0.15, 0.2) is 5.82 Å². The molecular formula is C11H18N4O. The SMILES string of the molecule is Cc1[nH]nc(NC(=O)CC2CCCN2)c1C. The molecule has 0 spiro atoms. The number of aromatic amines is 1. The summed E-state index contributed by atoms with van der Waals surface area (Å²) in [6.45, 7) is 4.91. The highest BCUT2D eigenvalue weighted by atomic mass is 16.1. The zero-order valence-corrected chi connectivity index (χ0v) is 9.76. The predicted octanol–water partition coefficient (Wildman–Crippen LogP) is 1.11. The molecule has 2 heterocycles. The van der Waals surface area contributed by atoms with Crippen molar-refractivity contribution in [3.05, 3.63) is 11.3 Å². The maximum absolute atomic E-state index is 11.7. The molecule has 0 saturated carbocycles. The number of aryl methyl sites for hydroxylation is 1. The summed E-state index contributed by atoms with van der Waals surface area (Å²) in [5.41, 5.74) is 2.00. The molecule has 3 N–H and O–H groups in total. The van der Waals surface area contributed by atoms with E-state index < -0.39 is 0 Å². The van der Waals surface area contributed by atoms with Crippen molar-refractivity contribution in [2.24, 2.45) is 0 Å². The van der Waals surface area contributed by atoms with Crippen LogP contribution in [0.1, 0.15) is 30.5 Å². The van der Waals surface area contributed by atoms with Crippen LogP contribution in [0.3, 0.4) is 0 Å². The largest absolute Gasteiger partial charge is 0.313 e. The molecule has 5 heteroatoms. The molecule has 0 aliphatic carbocycles. The molecule has 1 atom stereocenters. The lowest BCUT2D eigenvalue weighted by Crippen LogP contribution is -2.27. The fourth-order valence-electron chi connectivity index (χ4n) is 1.94. The molecule has 1 unspecified atom stereocenters. The van der Waals surface area contributed by atoms with Gasteiger partial charge >= 0.3 is 0 Å². The van der Waals surface area contributed by atoms with Gasteiger partial charge in [0, 0.05) is 23.7 Å². The summed E-state index contributed by atoms with van der Waals surface area (Å²) < 4.78 is 0. The number of hydrogen-bond acceptors (Lipinski definition) is 3. The van der Waals surface area contributed by atoms with Gasteiger partial charge in [-0.2, -0.15) is 5.10 Å². The monoisotopic (exact) mass is 222 g/mol. The van der Waals surface area contributed by atoms with E-state index in [2.05, 4.69) is 20.8 Å². The van der Waals surface area contributed by atoms with E-state index >= 15 is 0 Å². The van der Waals surface area contributed by atoms with Gasteiger partial charge < -0.3 is 10.6 Å². The number of aromatic nitrogens is 2. The molecule has 1 amide bonds. The van der Waals surface area contributed by atoms with E-state index in [4.69, 9.17) is 0 Å². The summed E-state index contributed by atoms with van der Waals surface area (Å²) in [5, 5.41) is 13.0. The number of nitrogens with zero attached hydrogens (tertiary/aromatic N) is 1. The molecule has 1 aliphatic rings. The van der Waals surface area contributed by atoms with Gasteiger partial charge in [0.1, 0.15) is 0 Å². The third-order valence-corrected chi connectivity index (χ3v) is 3.11. The standard InChI is InChI=1S/C11H18N4O/c1-7-8(2)14-15-11(7)13-10(16)6-9-4-3-5-12-9/h9,12H,3-6H2,1-2H3,(H2,13,14,15,16). The number of rotatable bonds is 3. The van der Waals surface area contributed by atoms with Crippen molar-refractivity contribution in [1.29, 1.82) is 0 Å². The molecule has 1 aromatic heterocycles. The van der Waals surface area contributed by atoms with Gasteiger partial charge in [0.2, 0.25) is 5.91 Å². The number of amides is 1. The molecule has 1 aliphatic heterocycles. The van der Waals surface area contributed by atoms with E-state index in [1.54, 1.807) is 0 Å². The first-order chi connectivity index (χ1) is 7.66. The quantitative estimate of drug-likeness (QED) is 0.717. The Bertz CT molecular complexity index is 379. The Hall–Kier alpha value is -1.36. The molecule has 1 saturated heterocycles. The van der Waals surface area contributed by atoms with Crippen LogP contribution in [0, 0.1) is 13.8 Å². The van der Waals surface area contributed by atoms with Gasteiger partial charge in [-0.05, 0) is 33.2 Å². The molecule has 0 radical (unpaired) electrons. The van der Waals surface area contributed by atoms with Crippen LogP contribution in [0.25, 0.3) is 0 Å². The molecule has 5 nitrogen and oxygen atoms in total. The average molecular weight is 222 g/mol. The van der Waals surface area contributed by atoms with Crippen LogP contribution in [-0.4, -0.2) is 28.7 Å². The smallest absolute Gasteiger partial charge is 0.227 e. The van der Waals surface area contributed by atoms with E-state index in [0.29, 0.717) is 18.3 Å². The van der Waals surface area contributed by atoms with Gasteiger partial charge in [0.25, 0.3) is 0 Å². The Labute approximate surface area is 95.0 Å². The normalized spacial score (nSPS) is 20.0. The second-order valence-corrected chi connectivity index (χ2v) is 4.37. The third kappa shape index (κ3) is 2.41. The maximum Gasteiger partial charge on any atom is 0.227 e. The van der Waals surface area contributed by atoms with Gasteiger partial charge in [0.05, 0.1) is 0 Å². The molecule has 1 fully saturated rings. The number of nitrogens with one attached hydrogen (secondary N) is 3. The van der Waals surface area contributed by atoms with Crippen LogP contribution in [0.2, 0.25) is 0 Å². The topological polar surface area (TPSA) is 69.8 Å². The minimum atomic E-state index is 0.0361. The zero-order valence-electron chi connectivity index (χ0n) is 9.76. The summed E-state index contributed by atoms with van der Waals surface area (Å²) in [4.78, 5) is 11.7. The fourth-order valence-corrected chi connectivity index (χ4v) is 1.94. The minimum absolute atomic E-state index is 0.0361. The van der Waals surface area contributed by atoms with Gasteiger partial charge in [-0.3, -0.25) is 9.89 Å². The predicted molar refractivity (Wildman–Crippen MR) is 62.3 cm³/mol. The van der Waals surface area contributed by atoms with Gasteiger partial charge in [-0.15, -0.1) is 0 Å². The lowest BCUT2D eigenvalue weighted by atomic mass is 10.1. The summed E-state index contributed by atoms with van der Waals surface area (Å²) >= 11 is 0. The van der Waals surface area contributed by atoms with Crippen molar-refractivity contribution in [3.8, 4) is 0 Å². The highest BCUT2D eigenvalue weighted by molar-refractivity contribution is 5.90. The Morgan fingerprint density at radius 2 is 2.38 bits per heavy atom. The molecular weight excluding hydrogens is 204 g/mol. The Morgan fingerprint density at radius 1 is 1.56 bits per heavy atom. The number of carbonyl (C=O) groups is 1. The van der Waals surface area contributed by atoms with Crippen LogP contribution >= 0.6 is 0 Å². The molecule has 0 aromatic carbocycles. The molecule has 0 bridgehead atoms. The highest BCUT2D eigenvalue weighted by Gasteiger charge is 2.18. The van der Waals surface area contributed by atoms with Gasteiger partial charge in [-0.1, -0.05) is 0 Å². The number of anilines is 1. The summed E-state index contributed by atoms with van der Waals surface area (Å²) in [7, 11) is 0. The summed E-state index contributed by atoms with van der Waals surface area (Å²) in [6, 6.07) is 0.334. The van der Waals surface area contributed by atoms with Gasteiger partial charge in [-0.25, -0.2) is 0 Å². The summed E-state index contributed by atoms with van der Waals surface area (Å²) in [6.07, 6.45) is 2.79. The van der Waals surface area contributed by atoms with Crippen molar-refractivity contribution in [1.82, 2.24) is 15.5 Å². The molecule has 2 rings (SSSR count). The zero-order chi connectivity index (χ0) is 11.5. The van der Waals surface area contributed by atoms with E-state index in [-0.39, 0.29) is 5.91 Å². The van der Waals surface area contributed by atoms with Crippen LogP contribution in [0.5, 0.6) is 0 Å². The van der Waals surface area contributed by atoms with Crippen LogP contribution in [0.15, 0.2) is 0 Å². The first kappa shape index (κ1) is 11.1. The lowest BCUT2D eigenvalue weighted by Gasteiger charge is -2.09. The first-order valence-corrected chi connectivity index (χ1v) is 5.71. The van der Waals surface area contributed by atoms with Crippen molar-refractivity contribution < 1.29 is 4.79 Å². The molecule has 16 heavy (non-hydrogen) atoms. The summed E-state index contributed by atoms with van der Waals surface area (Å²) in [5.74, 6) is 0.689. The Morgan fingerprint density at radius 3 is 2.94 bits per heavy atom. The lowest BCUT2D eigenvalue weighted by molar-refractivity contribution is -0.116. The van der Waals surface area contributed by atoms with E-state index in [9.17, 15) is 4.79 Å². The van der Waals surface area contributed by atoms with Crippen LogP contribution in [0.4, 0.5) is 5.82 Å². The number of H-pyrrole nitrogens is 1. The Kier molecular flexibility index (Phi) is 3.24. The van der Waals surface area contributed by atoms with E-state index in [1.807, 2.05) is 13.8 Å². The highest BCUT2D eigenvalue weighted by Crippen LogP contribution is 2.15. The second kappa shape index (κ2) is 4.65. The van der Waals surface area contributed by atoms with Crippen molar-refractivity contribution in [2.45, 2.75) is 39.2 Å². The fraction of sp³-hybridized carbons (Fsp3) is 0.636. The molecule has 1 aromatic rings. The first-order valence-electron chi connectivity index (χ1n) is 5.71. The third-order valence-electron chi connectivity index (χ3n) is 3.11.